The van der Waals surface area contributed by atoms with Crippen LogP contribution in [-0.2, 0) is 0 Å². The zero-order valence-electron chi connectivity index (χ0n) is 11.7. The third kappa shape index (κ3) is 3.09. The lowest BCUT2D eigenvalue weighted by Gasteiger charge is -2.29. The fourth-order valence-electron chi connectivity index (χ4n) is 2.61. The quantitative estimate of drug-likeness (QED) is 0.893. The van der Waals surface area contributed by atoms with E-state index in [-0.39, 0.29) is 16.9 Å². The van der Waals surface area contributed by atoms with Crippen molar-refractivity contribution in [2.45, 2.75) is 19.3 Å². The summed E-state index contributed by atoms with van der Waals surface area (Å²) in [5, 5.41) is 27.2. The van der Waals surface area contributed by atoms with Gasteiger partial charge < -0.3 is 5.73 Å². The Morgan fingerprint density at radius 3 is 2.57 bits per heavy atom. The summed E-state index contributed by atoms with van der Waals surface area (Å²) in [6, 6.07) is 14.3. The Morgan fingerprint density at radius 2 is 2.00 bits per heavy atom. The van der Waals surface area contributed by atoms with Gasteiger partial charge in [-0.2, -0.15) is 10.5 Å². The Kier molecular flexibility index (Phi) is 4.67. The highest BCUT2D eigenvalue weighted by atomic mass is 32.2. The normalized spacial score (nSPS) is 23.3. The second kappa shape index (κ2) is 6.47. The van der Waals surface area contributed by atoms with Crippen LogP contribution in [0.25, 0.3) is 0 Å². The maximum atomic E-state index is 9.34. The third-order valence-electron chi connectivity index (χ3n) is 3.78. The monoisotopic (exact) mass is 296 g/mol. The van der Waals surface area contributed by atoms with E-state index in [0.717, 1.165) is 17.3 Å². The summed E-state index contributed by atoms with van der Waals surface area (Å²) in [5.74, 6) is -0.689. The molecule has 0 radical (unpaired) electrons. The second-order valence-electron chi connectivity index (χ2n) is 5.12. The van der Waals surface area contributed by atoms with Crippen LogP contribution in [0.1, 0.15) is 24.8 Å². The molecule has 0 fully saturated rings. The molecule has 0 saturated carbocycles. The van der Waals surface area contributed by atoms with Crippen molar-refractivity contribution in [1.29, 1.82) is 15.9 Å². The Morgan fingerprint density at radius 1 is 1.33 bits per heavy atom. The molecule has 0 spiro atoms. The van der Waals surface area contributed by atoms with E-state index in [0.29, 0.717) is 17.0 Å². The maximum absolute atomic E-state index is 9.34. The van der Waals surface area contributed by atoms with Crippen LogP contribution < -0.4 is 5.73 Å². The summed E-state index contributed by atoms with van der Waals surface area (Å²) < 4.78 is 0. The fourth-order valence-corrected chi connectivity index (χ4v) is 3.50. The Bertz CT molecular complexity index is 651. The minimum atomic E-state index is -0.580. The molecule has 0 aliphatic carbocycles. The third-order valence-corrected chi connectivity index (χ3v) is 4.69. The summed E-state index contributed by atoms with van der Waals surface area (Å²) >= 11 is 1.03. The largest absolute Gasteiger partial charge is 0.392 e. The number of nitriles is 2. The van der Waals surface area contributed by atoms with Gasteiger partial charge in [0.1, 0.15) is 5.92 Å². The van der Waals surface area contributed by atoms with Crippen LogP contribution in [0.3, 0.4) is 0 Å². The molecular weight excluding hydrogens is 280 g/mol. The lowest BCUT2D eigenvalue weighted by molar-refractivity contribution is 0.478. The van der Waals surface area contributed by atoms with Gasteiger partial charge in [0.15, 0.2) is 0 Å². The standard InChI is InChI=1S/C16H16N4S/c1-10(11-5-3-2-4-6-11)7-12-13(8-17)15(19)21-16(20)14(12)9-18/h2-6,10,12-13,19H,7,20H2,1H3/t10-,12+,13-/m1/s1. The van der Waals surface area contributed by atoms with Crippen LogP contribution in [0.4, 0.5) is 0 Å². The Balaban J connectivity index is 2.31. The predicted octanol–water partition coefficient (Wildman–Crippen LogP) is 3.35. The summed E-state index contributed by atoms with van der Waals surface area (Å²) in [6.07, 6.45) is 0.634. The van der Waals surface area contributed by atoms with E-state index in [2.05, 4.69) is 19.1 Å². The molecule has 4 nitrogen and oxygen atoms in total. The maximum Gasteiger partial charge on any atom is 0.102 e. The molecule has 0 aromatic heterocycles. The average molecular weight is 296 g/mol. The molecule has 0 bridgehead atoms. The van der Waals surface area contributed by atoms with Gasteiger partial charge in [0.25, 0.3) is 0 Å². The van der Waals surface area contributed by atoms with Gasteiger partial charge in [-0.15, -0.1) is 0 Å². The Labute approximate surface area is 128 Å². The summed E-state index contributed by atoms with van der Waals surface area (Å²) in [5.41, 5.74) is 7.48. The first-order valence-electron chi connectivity index (χ1n) is 6.69. The van der Waals surface area contributed by atoms with Crippen LogP contribution in [0.2, 0.25) is 0 Å². The summed E-state index contributed by atoms with van der Waals surface area (Å²) in [7, 11) is 0. The predicted molar refractivity (Wildman–Crippen MR) is 84.2 cm³/mol. The molecular formula is C16H16N4S. The number of rotatable bonds is 3. The van der Waals surface area contributed by atoms with E-state index < -0.39 is 5.92 Å². The number of thioether (sulfide) groups is 1. The first kappa shape index (κ1) is 15.2. The van der Waals surface area contributed by atoms with Crippen LogP contribution >= 0.6 is 11.8 Å². The van der Waals surface area contributed by atoms with Gasteiger partial charge in [-0.05, 0) is 17.9 Å². The topological polar surface area (TPSA) is 97.4 Å². The van der Waals surface area contributed by atoms with Gasteiger partial charge in [0, 0.05) is 5.92 Å². The number of nitrogens with zero attached hydrogens (tertiary/aromatic N) is 2. The van der Waals surface area contributed by atoms with Gasteiger partial charge in [-0.25, -0.2) is 0 Å². The van der Waals surface area contributed by atoms with Gasteiger partial charge in [-0.1, -0.05) is 49.0 Å². The molecule has 0 unspecified atom stereocenters. The lowest BCUT2D eigenvalue weighted by atomic mass is 9.79. The van der Waals surface area contributed by atoms with Gasteiger partial charge in [-0.3, -0.25) is 5.41 Å². The molecule has 1 aromatic carbocycles. The van der Waals surface area contributed by atoms with Crippen LogP contribution in [0, 0.1) is 39.9 Å². The highest BCUT2D eigenvalue weighted by Crippen LogP contribution is 2.41. The zero-order valence-corrected chi connectivity index (χ0v) is 12.5. The molecule has 2 rings (SSSR count). The molecule has 3 N–H and O–H groups in total. The first-order chi connectivity index (χ1) is 10.1. The number of allylic oxidation sites excluding steroid dienone is 1. The van der Waals surface area contributed by atoms with Crippen LogP contribution in [0.15, 0.2) is 40.9 Å². The summed E-state index contributed by atoms with van der Waals surface area (Å²) in [6.45, 7) is 2.07. The zero-order chi connectivity index (χ0) is 15.4. The molecule has 3 atom stereocenters. The number of nitrogens with one attached hydrogen (secondary N) is 1. The van der Waals surface area contributed by atoms with Crippen molar-refractivity contribution in [3.05, 3.63) is 46.5 Å². The number of hydrogen-bond donors (Lipinski definition) is 2. The molecule has 1 aliphatic rings. The number of hydrogen-bond acceptors (Lipinski definition) is 5. The molecule has 0 amide bonds. The molecule has 1 aliphatic heterocycles. The van der Waals surface area contributed by atoms with Crippen molar-refractivity contribution >= 4 is 16.8 Å². The van der Waals surface area contributed by atoms with E-state index in [1.165, 1.54) is 0 Å². The van der Waals surface area contributed by atoms with Crippen LogP contribution in [-0.4, -0.2) is 5.04 Å². The van der Waals surface area contributed by atoms with Crippen molar-refractivity contribution in [2.24, 2.45) is 17.6 Å². The highest BCUT2D eigenvalue weighted by Gasteiger charge is 2.36. The number of benzene rings is 1. The van der Waals surface area contributed by atoms with E-state index in [9.17, 15) is 10.5 Å². The summed E-state index contributed by atoms with van der Waals surface area (Å²) in [4.78, 5) is 0. The minimum Gasteiger partial charge on any atom is -0.392 e. The van der Waals surface area contributed by atoms with Crippen LogP contribution in [0.5, 0.6) is 0 Å². The van der Waals surface area contributed by atoms with E-state index >= 15 is 0 Å². The average Bonchev–Trinajstić information content (AvgIpc) is 2.48. The van der Waals surface area contributed by atoms with Gasteiger partial charge >= 0.3 is 0 Å². The molecule has 5 heteroatoms. The lowest BCUT2D eigenvalue weighted by Crippen LogP contribution is -2.29. The Hall–Kier alpha value is -2.24. The van der Waals surface area contributed by atoms with E-state index in [4.69, 9.17) is 11.1 Å². The van der Waals surface area contributed by atoms with Crippen molar-refractivity contribution in [2.75, 3.05) is 0 Å². The van der Waals surface area contributed by atoms with Crippen molar-refractivity contribution in [3.8, 4) is 12.1 Å². The first-order valence-corrected chi connectivity index (χ1v) is 7.50. The highest BCUT2D eigenvalue weighted by molar-refractivity contribution is 8.17. The molecule has 1 heterocycles. The van der Waals surface area contributed by atoms with E-state index in [1.807, 2.05) is 30.3 Å². The van der Waals surface area contributed by atoms with Gasteiger partial charge in [0.2, 0.25) is 0 Å². The van der Waals surface area contributed by atoms with Crippen molar-refractivity contribution in [3.63, 3.8) is 0 Å². The van der Waals surface area contributed by atoms with Gasteiger partial charge in [0.05, 0.1) is 27.8 Å². The van der Waals surface area contributed by atoms with Crippen molar-refractivity contribution in [1.82, 2.24) is 0 Å². The minimum absolute atomic E-state index is 0.194. The SMILES string of the molecule is C[C@H](C[C@@H]1C(C#N)=C(N)SC(=N)[C@@H]1C#N)c1ccccc1. The van der Waals surface area contributed by atoms with Crippen molar-refractivity contribution < 1.29 is 0 Å². The number of nitrogens with two attached hydrogens (primary N) is 1. The molecule has 0 saturated heterocycles. The second-order valence-corrected chi connectivity index (χ2v) is 6.20. The van der Waals surface area contributed by atoms with E-state index in [1.54, 1.807) is 0 Å². The molecule has 1 aromatic rings. The molecule has 21 heavy (non-hydrogen) atoms. The fraction of sp³-hybridized carbons (Fsp3) is 0.312. The molecule has 106 valence electrons. The smallest absolute Gasteiger partial charge is 0.102 e.